The van der Waals surface area contributed by atoms with Crippen LogP contribution < -0.4 is 5.73 Å². The van der Waals surface area contributed by atoms with Gasteiger partial charge in [-0.2, -0.15) is 9.57 Å². The number of sulfonamides is 1. The predicted molar refractivity (Wildman–Crippen MR) is 69.8 cm³/mol. The fourth-order valence-corrected chi connectivity index (χ4v) is 3.41. The molecule has 1 aromatic rings. The zero-order valence-electron chi connectivity index (χ0n) is 9.61. The Morgan fingerprint density at radius 2 is 2.17 bits per heavy atom. The maximum Gasteiger partial charge on any atom is 0.243 e. The van der Waals surface area contributed by atoms with Gasteiger partial charge in [0, 0.05) is 19.1 Å². The summed E-state index contributed by atoms with van der Waals surface area (Å²) in [6.07, 6.45) is 0.678. The fraction of sp³-hybridized carbons (Fsp3) is 0.364. The molecule has 1 aromatic carbocycles. The molecular weight excluding hydrogens is 274 g/mol. The summed E-state index contributed by atoms with van der Waals surface area (Å²) in [5.41, 5.74) is 6.04. The number of nitrogens with two attached hydrogens (primary N) is 1. The molecule has 0 radical (unpaired) electrons. The minimum atomic E-state index is -3.50. The average molecular weight is 288 g/mol. The Hall–Kier alpha value is -1.13. The Balaban J connectivity index is 0.00000162. The van der Waals surface area contributed by atoms with Gasteiger partial charge in [-0.25, -0.2) is 8.42 Å². The lowest BCUT2D eigenvalue weighted by Crippen LogP contribution is -2.31. The Morgan fingerprint density at radius 1 is 1.44 bits per heavy atom. The van der Waals surface area contributed by atoms with Gasteiger partial charge in [0.05, 0.1) is 16.5 Å². The first kappa shape index (κ1) is 14.9. The highest BCUT2D eigenvalue weighted by Crippen LogP contribution is 2.20. The van der Waals surface area contributed by atoms with Crippen molar-refractivity contribution in [3.63, 3.8) is 0 Å². The quantitative estimate of drug-likeness (QED) is 0.867. The third-order valence-corrected chi connectivity index (χ3v) is 4.65. The lowest BCUT2D eigenvalue weighted by atomic mass is 10.2. The Morgan fingerprint density at radius 3 is 2.72 bits per heavy atom. The number of rotatable bonds is 2. The minimum absolute atomic E-state index is 0. The maximum absolute atomic E-state index is 12.2. The first-order valence-corrected chi connectivity index (χ1v) is 6.74. The van der Waals surface area contributed by atoms with Crippen molar-refractivity contribution in [3.05, 3.63) is 29.8 Å². The largest absolute Gasteiger partial charge is 0.326 e. The molecular formula is C11H14ClN3O2S. The summed E-state index contributed by atoms with van der Waals surface area (Å²) in [5.74, 6) is 0. The number of benzene rings is 1. The van der Waals surface area contributed by atoms with Crippen LogP contribution in [-0.4, -0.2) is 31.9 Å². The summed E-state index contributed by atoms with van der Waals surface area (Å²) in [6.45, 7) is 0.791. The fourth-order valence-electron chi connectivity index (χ4n) is 1.85. The van der Waals surface area contributed by atoms with E-state index in [1.165, 1.54) is 16.4 Å². The molecule has 5 nitrogen and oxygen atoms in total. The van der Waals surface area contributed by atoms with Gasteiger partial charge in [0.25, 0.3) is 0 Å². The summed E-state index contributed by atoms with van der Waals surface area (Å²) in [4.78, 5) is 0.158. The molecule has 1 atom stereocenters. The van der Waals surface area contributed by atoms with Crippen molar-refractivity contribution in [3.8, 4) is 6.07 Å². The van der Waals surface area contributed by atoms with Gasteiger partial charge in [-0.15, -0.1) is 12.4 Å². The molecule has 0 amide bonds. The lowest BCUT2D eigenvalue weighted by molar-refractivity contribution is 0.472. The van der Waals surface area contributed by atoms with E-state index >= 15 is 0 Å². The van der Waals surface area contributed by atoms with Crippen molar-refractivity contribution in [1.82, 2.24) is 4.31 Å². The highest BCUT2D eigenvalue weighted by molar-refractivity contribution is 7.89. The Kier molecular flexibility index (Phi) is 4.71. The summed E-state index contributed by atoms with van der Waals surface area (Å²) >= 11 is 0. The highest BCUT2D eigenvalue weighted by atomic mass is 35.5. The van der Waals surface area contributed by atoms with Gasteiger partial charge in [-0.3, -0.25) is 0 Å². The van der Waals surface area contributed by atoms with Crippen molar-refractivity contribution in [1.29, 1.82) is 5.26 Å². The second-order valence-electron chi connectivity index (χ2n) is 4.05. The van der Waals surface area contributed by atoms with E-state index in [9.17, 15) is 8.42 Å². The molecule has 0 aromatic heterocycles. The van der Waals surface area contributed by atoms with Gasteiger partial charge in [0.2, 0.25) is 10.0 Å². The van der Waals surface area contributed by atoms with Crippen LogP contribution in [-0.2, 0) is 10.0 Å². The molecule has 0 saturated carbocycles. The molecule has 0 unspecified atom stereocenters. The summed E-state index contributed by atoms with van der Waals surface area (Å²) in [7, 11) is -3.50. The average Bonchev–Trinajstić information content (AvgIpc) is 2.76. The second-order valence-corrected chi connectivity index (χ2v) is 5.99. The van der Waals surface area contributed by atoms with Crippen LogP contribution in [0.15, 0.2) is 29.2 Å². The van der Waals surface area contributed by atoms with Gasteiger partial charge in [-0.1, -0.05) is 6.07 Å². The molecule has 1 aliphatic rings. The van der Waals surface area contributed by atoms with Crippen LogP contribution in [0.2, 0.25) is 0 Å². The SMILES string of the molecule is Cl.N#Cc1cccc(S(=O)(=O)N2CC[C@H](N)C2)c1. The molecule has 1 aliphatic heterocycles. The van der Waals surface area contributed by atoms with E-state index in [1.54, 1.807) is 12.1 Å². The van der Waals surface area contributed by atoms with Crippen molar-refractivity contribution in [2.45, 2.75) is 17.4 Å². The predicted octanol–water partition coefficient (Wildman–Crippen LogP) is 0.702. The zero-order chi connectivity index (χ0) is 12.5. The van der Waals surface area contributed by atoms with Crippen molar-refractivity contribution >= 4 is 22.4 Å². The molecule has 18 heavy (non-hydrogen) atoms. The molecule has 2 rings (SSSR count). The normalized spacial score (nSPS) is 20.1. The molecule has 98 valence electrons. The third kappa shape index (κ3) is 2.82. The van der Waals surface area contributed by atoms with Crippen molar-refractivity contribution < 1.29 is 8.42 Å². The Labute approximate surface area is 113 Å². The molecule has 0 bridgehead atoms. The molecule has 1 heterocycles. The molecule has 0 aliphatic carbocycles. The van der Waals surface area contributed by atoms with Gasteiger partial charge in [-0.05, 0) is 24.6 Å². The second kappa shape index (κ2) is 5.67. The van der Waals surface area contributed by atoms with E-state index in [2.05, 4.69) is 0 Å². The van der Waals surface area contributed by atoms with Gasteiger partial charge < -0.3 is 5.73 Å². The van der Waals surface area contributed by atoms with Crippen LogP contribution in [0.1, 0.15) is 12.0 Å². The first-order chi connectivity index (χ1) is 8.04. The zero-order valence-corrected chi connectivity index (χ0v) is 11.2. The molecule has 2 N–H and O–H groups in total. The van der Waals surface area contributed by atoms with Crippen LogP contribution in [0.5, 0.6) is 0 Å². The number of hydrogen-bond donors (Lipinski definition) is 1. The number of halogens is 1. The summed E-state index contributed by atoms with van der Waals surface area (Å²) < 4.78 is 25.8. The number of hydrogen-bond acceptors (Lipinski definition) is 4. The van der Waals surface area contributed by atoms with Crippen molar-refractivity contribution in [2.24, 2.45) is 5.73 Å². The van der Waals surface area contributed by atoms with Gasteiger partial charge in [0.15, 0.2) is 0 Å². The molecule has 0 spiro atoms. The van der Waals surface area contributed by atoms with Crippen LogP contribution in [0.3, 0.4) is 0 Å². The van der Waals surface area contributed by atoms with E-state index in [0.717, 1.165) is 0 Å². The first-order valence-electron chi connectivity index (χ1n) is 5.30. The van der Waals surface area contributed by atoms with Crippen LogP contribution in [0.25, 0.3) is 0 Å². The van der Waals surface area contributed by atoms with Crippen LogP contribution >= 0.6 is 12.4 Å². The highest BCUT2D eigenvalue weighted by Gasteiger charge is 2.30. The topological polar surface area (TPSA) is 87.2 Å². The maximum atomic E-state index is 12.2. The molecule has 7 heteroatoms. The third-order valence-electron chi connectivity index (χ3n) is 2.79. The van der Waals surface area contributed by atoms with Crippen LogP contribution in [0.4, 0.5) is 0 Å². The monoisotopic (exact) mass is 287 g/mol. The van der Waals surface area contributed by atoms with E-state index in [-0.39, 0.29) is 23.3 Å². The summed E-state index contributed by atoms with van der Waals surface area (Å²) in [6, 6.07) is 7.87. The number of nitriles is 1. The molecule has 1 fully saturated rings. The van der Waals surface area contributed by atoms with E-state index < -0.39 is 10.0 Å². The standard InChI is InChI=1S/C11H13N3O2S.ClH/c12-7-9-2-1-3-11(6-9)17(15,16)14-5-4-10(13)8-14;/h1-3,6,10H,4-5,8,13H2;1H/t10-;/m0./s1. The Bertz CT molecular complexity index is 568. The van der Waals surface area contributed by atoms with Crippen molar-refractivity contribution in [2.75, 3.05) is 13.1 Å². The lowest BCUT2D eigenvalue weighted by Gasteiger charge is -2.15. The van der Waals surface area contributed by atoms with E-state index in [1.807, 2.05) is 6.07 Å². The van der Waals surface area contributed by atoms with E-state index in [0.29, 0.717) is 25.1 Å². The summed E-state index contributed by atoms with van der Waals surface area (Å²) in [5, 5.41) is 8.76. The minimum Gasteiger partial charge on any atom is -0.326 e. The van der Waals surface area contributed by atoms with Gasteiger partial charge in [0.1, 0.15) is 0 Å². The van der Waals surface area contributed by atoms with Crippen LogP contribution in [0, 0.1) is 11.3 Å². The smallest absolute Gasteiger partial charge is 0.243 e. The number of nitrogens with zero attached hydrogens (tertiary/aromatic N) is 2. The van der Waals surface area contributed by atoms with E-state index in [4.69, 9.17) is 11.0 Å². The van der Waals surface area contributed by atoms with Gasteiger partial charge >= 0.3 is 0 Å². The molecule has 1 saturated heterocycles.